The molecule has 0 atom stereocenters. The van der Waals surface area contributed by atoms with Crippen molar-refractivity contribution in [1.82, 2.24) is 5.32 Å². The molecule has 0 fully saturated rings. The van der Waals surface area contributed by atoms with E-state index in [1.807, 2.05) is 0 Å². The molecule has 0 aromatic carbocycles. The maximum atomic E-state index is 10.1. The van der Waals surface area contributed by atoms with Gasteiger partial charge in [0.1, 0.15) is 0 Å². The summed E-state index contributed by atoms with van der Waals surface area (Å²) in [6.07, 6.45) is 0. The number of hydrogen-bond acceptors (Lipinski definition) is 3. The van der Waals surface area contributed by atoms with Crippen LogP contribution in [0.1, 0.15) is 6.92 Å². The second-order valence-electron chi connectivity index (χ2n) is 1.34. The zero-order valence-corrected chi connectivity index (χ0v) is 4.68. The lowest BCUT2D eigenvalue weighted by Gasteiger charge is -1.92. The van der Waals surface area contributed by atoms with Gasteiger partial charge in [0.25, 0.3) is 0 Å². The summed E-state index contributed by atoms with van der Waals surface area (Å²) in [5.41, 5.74) is 0. The van der Waals surface area contributed by atoms with Crippen LogP contribution in [-0.2, 0) is 4.79 Å². The van der Waals surface area contributed by atoms with Crippen LogP contribution in [0.2, 0.25) is 0 Å². The average molecular weight is 116 g/mol. The first-order chi connectivity index (χ1) is 3.77. The van der Waals surface area contributed by atoms with Crippen molar-refractivity contribution >= 4 is 5.91 Å². The summed E-state index contributed by atoms with van der Waals surface area (Å²) in [7, 11) is 0. The molecule has 0 spiro atoms. The number of hydrogen-bond donors (Lipinski definition) is 1. The molecule has 0 aromatic rings. The second kappa shape index (κ2) is 4.23. The highest BCUT2D eigenvalue weighted by molar-refractivity contribution is 5.72. The van der Waals surface area contributed by atoms with Crippen molar-refractivity contribution in [3.63, 3.8) is 0 Å². The molecule has 46 valence electrons. The molecule has 8 heavy (non-hydrogen) atoms. The van der Waals surface area contributed by atoms with E-state index in [1.165, 1.54) is 6.92 Å². The molecule has 0 aliphatic rings. The first-order valence-electron chi connectivity index (χ1n) is 2.31. The molecule has 0 unspecified atom stereocenters. The van der Waals surface area contributed by atoms with E-state index in [4.69, 9.17) is 0 Å². The Hall–Kier alpha value is -0.930. The van der Waals surface area contributed by atoms with Crippen molar-refractivity contribution in [2.45, 2.75) is 6.92 Å². The van der Waals surface area contributed by atoms with Gasteiger partial charge in [-0.25, -0.2) is 0 Å². The fraction of sp³-hybridized carbons (Fsp3) is 0.750. The summed E-state index contributed by atoms with van der Waals surface area (Å²) in [5, 5.41) is 4.96. The van der Waals surface area contributed by atoms with Gasteiger partial charge in [0.05, 0.1) is 6.54 Å². The largest absolute Gasteiger partial charge is 0.354 e. The van der Waals surface area contributed by atoms with Crippen LogP contribution in [0, 0.1) is 4.91 Å². The molecule has 0 bridgehead atoms. The maximum Gasteiger partial charge on any atom is 0.216 e. The van der Waals surface area contributed by atoms with Gasteiger partial charge >= 0.3 is 0 Å². The van der Waals surface area contributed by atoms with E-state index in [0.717, 1.165) is 0 Å². The smallest absolute Gasteiger partial charge is 0.216 e. The van der Waals surface area contributed by atoms with E-state index in [-0.39, 0.29) is 12.5 Å². The average Bonchev–Trinajstić information content (AvgIpc) is 1.66. The molecular formula is C4H8N2O2. The lowest BCUT2D eigenvalue weighted by Crippen LogP contribution is -2.22. The van der Waals surface area contributed by atoms with Crippen LogP contribution < -0.4 is 5.32 Å². The number of carbonyl (C=O) groups excluding carboxylic acids is 1. The molecule has 0 saturated carbocycles. The van der Waals surface area contributed by atoms with E-state index < -0.39 is 0 Å². The zero-order valence-electron chi connectivity index (χ0n) is 4.68. The standard InChI is InChI=1S/C4H8N2O2/c1-4(7)5-2-3-6-8/h2-3H2,1H3,(H,5,7). The Morgan fingerprint density at radius 1 is 1.75 bits per heavy atom. The van der Waals surface area contributed by atoms with Crippen LogP contribution in [-0.4, -0.2) is 19.0 Å². The van der Waals surface area contributed by atoms with Crippen molar-refractivity contribution in [3.8, 4) is 0 Å². The summed E-state index contributed by atoms with van der Waals surface area (Å²) in [6.45, 7) is 1.89. The predicted molar refractivity (Wildman–Crippen MR) is 29.3 cm³/mol. The highest BCUT2D eigenvalue weighted by atomic mass is 16.3. The zero-order chi connectivity index (χ0) is 6.41. The van der Waals surface area contributed by atoms with Crippen molar-refractivity contribution in [2.75, 3.05) is 13.1 Å². The highest BCUT2D eigenvalue weighted by Crippen LogP contribution is 1.63. The Bertz CT molecular complexity index is 92.0. The second-order valence-corrected chi connectivity index (χ2v) is 1.34. The molecule has 4 nitrogen and oxygen atoms in total. The van der Waals surface area contributed by atoms with Gasteiger partial charge in [-0.2, -0.15) is 4.91 Å². The minimum absolute atomic E-state index is 0.131. The van der Waals surface area contributed by atoms with Gasteiger partial charge in [0.2, 0.25) is 5.91 Å². The van der Waals surface area contributed by atoms with E-state index >= 15 is 0 Å². The summed E-state index contributed by atoms with van der Waals surface area (Å²) in [5.74, 6) is -0.131. The van der Waals surface area contributed by atoms with Crippen molar-refractivity contribution < 1.29 is 4.79 Å². The van der Waals surface area contributed by atoms with E-state index in [2.05, 4.69) is 10.5 Å². The Morgan fingerprint density at radius 2 is 2.38 bits per heavy atom. The number of nitrogens with one attached hydrogen (secondary N) is 1. The molecule has 0 heterocycles. The highest BCUT2D eigenvalue weighted by Gasteiger charge is 1.86. The van der Waals surface area contributed by atoms with Crippen molar-refractivity contribution in [3.05, 3.63) is 4.91 Å². The van der Waals surface area contributed by atoms with Gasteiger partial charge in [0.15, 0.2) is 0 Å². The van der Waals surface area contributed by atoms with Crippen LogP contribution >= 0.6 is 0 Å². The van der Waals surface area contributed by atoms with E-state index in [0.29, 0.717) is 6.54 Å². The minimum Gasteiger partial charge on any atom is -0.354 e. The van der Waals surface area contributed by atoms with Crippen LogP contribution in [0.4, 0.5) is 0 Å². The molecule has 1 amide bonds. The number of nitrogens with zero attached hydrogens (tertiary/aromatic N) is 1. The van der Waals surface area contributed by atoms with Crippen LogP contribution in [0.25, 0.3) is 0 Å². The third-order valence-electron chi connectivity index (χ3n) is 0.577. The first-order valence-corrected chi connectivity index (χ1v) is 2.31. The molecule has 1 N–H and O–H groups in total. The normalized spacial score (nSPS) is 8.12. The lowest BCUT2D eigenvalue weighted by molar-refractivity contribution is -0.118. The Balaban J connectivity index is 2.93. The topological polar surface area (TPSA) is 58.5 Å². The fourth-order valence-corrected chi connectivity index (χ4v) is 0.278. The molecule has 0 aliphatic heterocycles. The van der Waals surface area contributed by atoms with Gasteiger partial charge in [-0.3, -0.25) is 4.79 Å². The lowest BCUT2D eigenvalue weighted by atomic mass is 10.6. The Kier molecular flexibility index (Phi) is 3.74. The molecule has 0 radical (unpaired) electrons. The SMILES string of the molecule is CC(=O)NCCN=O. The number of carbonyl (C=O) groups is 1. The van der Waals surface area contributed by atoms with Gasteiger partial charge in [-0.15, -0.1) is 0 Å². The minimum atomic E-state index is -0.131. The van der Waals surface area contributed by atoms with Gasteiger partial charge < -0.3 is 5.32 Å². The van der Waals surface area contributed by atoms with Crippen molar-refractivity contribution in [1.29, 1.82) is 0 Å². The predicted octanol–water partition coefficient (Wildman–Crippen LogP) is -0.111. The molecular weight excluding hydrogens is 108 g/mol. The molecule has 0 saturated heterocycles. The summed E-state index contributed by atoms with van der Waals surface area (Å²) < 4.78 is 0. The monoisotopic (exact) mass is 116 g/mol. The van der Waals surface area contributed by atoms with Gasteiger partial charge in [0, 0.05) is 13.5 Å². The molecule has 4 heteroatoms. The number of nitroso groups, excluding NO2 is 1. The van der Waals surface area contributed by atoms with Crippen LogP contribution in [0.5, 0.6) is 0 Å². The molecule has 0 rings (SSSR count). The van der Waals surface area contributed by atoms with Crippen LogP contribution in [0.15, 0.2) is 5.18 Å². The third-order valence-corrected chi connectivity index (χ3v) is 0.577. The van der Waals surface area contributed by atoms with E-state index in [1.54, 1.807) is 0 Å². The van der Waals surface area contributed by atoms with Crippen LogP contribution in [0.3, 0.4) is 0 Å². The van der Waals surface area contributed by atoms with E-state index in [9.17, 15) is 9.70 Å². The fourth-order valence-electron chi connectivity index (χ4n) is 0.278. The van der Waals surface area contributed by atoms with Crippen molar-refractivity contribution in [2.24, 2.45) is 5.18 Å². The first kappa shape index (κ1) is 7.07. The summed E-state index contributed by atoms with van der Waals surface area (Å²) in [4.78, 5) is 19.4. The number of amides is 1. The summed E-state index contributed by atoms with van der Waals surface area (Å²) >= 11 is 0. The third kappa shape index (κ3) is 5.07. The quantitative estimate of drug-likeness (QED) is 0.413. The Labute approximate surface area is 47.2 Å². The number of rotatable bonds is 3. The van der Waals surface area contributed by atoms with Gasteiger partial charge in [-0.05, 0) is 0 Å². The summed E-state index contributed by atoms with van der Waals surface area (Å²) in [6, 6.07) is 0. The molecule has 0 aliphatic carbocycles. The Morgan fingerprint density at radius 3 is 2.75 bits per heavy atom. The maximum absolute atomic E-state index is 10.1. The molecule has 0 aromatic heterocycles. The van der Waals surface area contributed by atoms with Gasteiger partial charge in [-0.1, -0.05) is 5.18 Å².